The number of hydrogen-bond acceptors (Lipinski definition) is 4. The van der Waals surface area contributed by atoms with E-state index in [9.17, 15) is 0 Å². The molecule has 0 aliphatic heterocycles. The van der Waals surface area contributed by atoms with Crippen LogP contribution in [0.25, 0.3) is 0 Å². The van der Waals surface area contributed by atoms with Gasteiger partial charge in [0.2, 0.25) is 0 Å². The van der Waals surface area contributed by atoms with E-state index in [2.05, 4.69) is 24.8 Å². The first-order chi connectivity index (χ1) is 8.22. The van der Waals surface area contributed by atoms with Crippen LogP contribution in [0, 0.1) is 0 Å². The van der Waals surface area contributed by atoms with E-state index in [1.807, 2.05) is 18.2 Å². The summed E-state index contributed by atoms with van der Waals surface area (Å²) in [6, 6.07) is 10.3. The molecule has 0 bridgehead atoms. The summed E-state index contributed by atoms with van der Waals surface area (Å²) in [7, 11) is 2.31. The first-order valence-corrected chi connectivity index (χ1v) is 7.96. The van der Waals surface area contributed by atoms with Crippen molar-refractivity contribution in [2.45, 2.75) is 12.0 Å². The maximum absolute atomic E-state index is 5.51. The van der Waals surface area contributed by atoms with Gasteiger partial charge in [0.25, 0.3) is 0 Å². The van der Waals surface area contributed by atoms with Gasteiger partial charge in [-0.2, -0.15) is 12.6 Å². The predicted molar refractivity (Wildman–Crippen MR) is 74.5 cm³/mol. The summed E-state index contributed by atoms with van der Waals surface area (Å²) >= 11 is 4.40. The molecule has 0 radical (unpaired) electrons. The van der Waals surface area contributed by atoms with Crippen LogP contribution >= 0.6 is 12.6 Å². The van der Waals surface area contributed by atoms with Gasteiger partial charge in [-0.05, 0) is 17.7 Å². The summed E-state index contributed by atoms with van der Waals surface area (Å²) < 4.78 is 16.5. The highest BCUT2D eigenvalue weighted by molar-refractivity contribution is 7.80. The molecule has 17 heavy (non-hydrogen) atoms. The lowest BCUT2D eigenvalue weighted by Crippen LogP contribution is -2.49. The second kappa shape index (κ2) is 7.18. The molecule has 0 fully saturated rings. The predicted octanol–water partition coefficient (Wildman–Crippen LogP) is 2.41. The lowest BCUT2D eigenvalue weighted by molar-refractivity contribution is 0.113. The quantitative estimate of drug-likeness (QED) is 0.610. The topological polar surface area (TPSA) is 27.7 Å². The molecule has 3 nitrogen and oxygen atoms in total. The molecule has 5 heteroatoms. The first-order valence-electron chi connectivity index (χ1n) is 5.52. The van der Waals surface area contributed by atoms with Gasteiger partial charge in [0.15, 0.2) is 0 Å². The third kappa shape index (κ3) is 3.56. The Kier molecular flexibility index (Phi) is 6.22. The molecule has 1 unspecified atom stereocenters. The van der Waals surface area contributed by atoms with Crippen molar-refractivity contribution in [3.05, 3.63) is 35.9 Å². The lowest BCUT2D eigenvalue weighted by atomic mass is 10.1. The van der Waals surface area contributed by atoms with Crippen molar-refractivity contribution < 1.29 is 13.3 Å². The highest BCUT2D eigenvalue weighted by Gasteiger charge is 2.46. The van der Waals surface area contributed by atoms with Gasteiger partial charge >= 0.3 is 8.80 Å². The van der Waals surface area contributed by atoms with E-state index in [1.165, 1.54) is 5.56 Å². The van der Waals surface area contributed by atoms with Crippen molar-refractivity contribution in [2.24, 2.45) is 0 Å². The number of thiol groups is 1. The smallest absolute Gasteiger partial charge is 0.377 e. The second-order valence-corrected chi connectivity index (χ2v) is 7.40. The summed E-state index contributed by atoms with van der Waals surface area (Å²) in [5, 5.41) is 0. The van der Waals surface area contributed by atoms with Crippen LogP contribution in [0.1, 0.15) is 5.56 Å². The van der Waals surface area contributed by atoms with Crippen molar-refractivity contribution in [3.63, 3.8) is 0 Å². The Morgan fingerprint density at radius 1 is 1.06 bits per heavy atom. The minimum absolute atomic E-state index is 0.160. The number of benzene rings is 1. The summed E-state index contributed by atoms with van der Waals surface area (Å²) in [5.74, 6) is 0.677. The molecule has 0 aliphatic carbocycles. The molecule has 96 valence electrons. The minimum Gasteiger partial charge on any atom is -0.377 e. The van der Waals surface area contributed by atoms with Gasteiger partial charge in [-0.15, -0.1) is 0 Å². The van der Waals surface area contributed by atoms with Crippen molar-refractivity contribution >= 4 is 21.4 Å². The molecular weight excluding hydrogens is 252 g/mol. The van der Waals surface area contributed by atoms with E-state index in [0.29, 0.717) is 5.75 Å². The summed E-state index contributed by atoms with van der Waals surface area (Å²) in [4.78, 5) is 0. The van der Waals surface area contributed by atoms with E-state index < -0.39 is 8.80 Å². The van der Waals surface area contributed by atoms with E-state index in [4.69, 9.17) is 13.3 Å². The molecule has 0 heterocycles. The number of rotatable bonds is 7. The maximum atomic E-state index is 5.51. The van der Waals surface area contributed by atoms with Crippen LogP contribution < -0.4 is 0 Å². The van der Waals surface area contributed by atoms with Crippen molar-refractivity contribution in [1.82, 2.24) is 0 Å². The molecule has 0 N–H and O–H groups in total. The van der Waals surface area contributed by atoms with E-state index in [-0.39, 0.29) is 5.54 Å². The highest BCUT2D eigenvalue weighted by Crippen LogP contribution is 2.29. The van der Waals surface area contributed by atoms with Crippen molar-refractivity contribution in [3.8, 4) is 0 Å². The minimum atomic E-state index is -2.61. The van der Waals surface area contributed by atoms with Gasteiger partial charge in [-0.25, -0.2) is 0 Å². The van der Waals surface area contributed by atoms with Crippen LogP contribution in [-0.2, 0) is 19.7 Å². The molecule has 0 aromatic heterocycles. The molecule has 0 amide bonds. The average Bonchev–Trinajstić information content (AvgIpc) is 2.41. The maximum Gasteiger partial charge on any atom is 0.504 e. The lowest BCUT2D eigenvalue weighted by Gasteiger charge is -2.31. The van der Waals surface area contributed by atoms with E-state index in [0.717, 1.165) is 6.42 Å². The summed E-state index contributed by atoms with van der Waals surface area (Å²) in [5.41, 5.74) is 1.41. The van der Waals surface area contributed by atoms with Gasteiger partial charge < -0.3 is 13.3 Å². The van der Waals surface area contributed by atoms with Crippen LogP contribution in [0.5, 0.6) is 0 Å². The molecule has 1 rings (SSSR count). The van der Waals surface area contributed by atoms with Gasteiger partial charge in [0, 0.05) is 26.9 Å². The zero-order valence-corrected chi connectivity index (χ0v) is 12.4. The third-order valence-electron chi connectivity index (χ3n) is 2.90. The summed E-state index contributed by atoms with van der Waals surface area (Å²) in [6.45, 7) is 0. The second-order valence-electron chi connectivity index (χ2n) is 3.79. The fraction of sp³-hybridized carbons (Fsp3) is 0.500. The van der Waals surface area contributed by atoms with Gasteiger partial charge in [0.1, 0.15) is 0 Å². The van der Waals surface area contributed by atoms with E-state index >= 15 is 0 Å². The first kappa shape index (κ1) is 14.7. The van der Waals surface area contributed by atoms with Crippen LogP contribution in [0.4, 0.5) is 0 Å². The zero-order chi connectivity index (χ0) is 12.7. The Morgan fingerprint density at radius 2 is 1.59 bits per heavy atom. The average molecular weight is 272 g/mol. The highest BCUT2D eigenvalue weighted by atomic mass is 32.1. The Labute approximate surface area is 110 Å². The Hall–Kier alpha value is -0.333. The summed E-state index contributed by atoms with van der Waals surface area (Å²) in [6.07, 6.45) is 0.853. The molecule has 0 spiro atoms. The van der Waals surface area contributed by atoms with Gasteiger partial charge in [-0.3, -0.25) is 0 Å². The molecule has 1 aromatic rings. The molecule has 0 saturated carbocycles. The zero-order valence-electron chi connectivity index (χ0n) is 10.6. The Morgan fingerprint density at radius 3 is 2.00 bits per heavy atom. The van der Waals surface area contributed by atoms with Crippen molar-refractivity contribution in [1.29, 1.82) is 0 Å². The molecule has 0 saturated heterocycles. The standard InChI is InChI=1S/C12H20O3SSi/c1-13-17(14-2,15-3)12(10-16)9-11-7-5-4-6-8-11/h4-8,12,16H,9-10H2,1-3H3. The van der Waals surface area contributed by atoms with Gasteiger partial charge in [0.05, 0.1) is 0 Å². The molecule has 1 atom stereocenters. The van der Waals surface area contributed by atoms with Crippen LogP contribution in [0.3, 0.4) is 0 Å². The van der Waals surface area contributed by atoms with Gasteiger partial charge in [-0.1, -0.05) is 30.3 Å². The largest absolute Gasteiger partial charge is 0.504 e. The van der Waals surface area contributed by atoms with Crippen LogP contribution in [0.15, 0.2) is 30.3 Å². The fourth-order valence-electron chi connectivity index (χ4n) is 1.95. The normalized spacial score (nSPS) is 13.6. The van der Waals surface area contributed by atoms with E-state index in [1.54, 1.807) is 21.3 Å². The Balaban J connectivity index is 2.83. The molecular formula is C12H20O3SSi. The molecule has 0 aliphatic rings. The van der Waals surface area contributed by atoms with Crippen LogP contribution in [-0.4, -0.2) is 35.9 Å². The SMILES string of the molecule is CO[Si](OC)(OC)C(CS)Cc1ccccc1. The third-order valence-corrected chi connectivity index (χ3v) is 6.80. The Bertz CT molecular complexity index is 309. The van der Waals surface area contributed by atoms with Crippen LogP contribution in [0.2, 0.25) is 5.54 Å². The number of hydrogen-bond donors (Lipinski definition) is 1. The monoisotopic (exact) mass is 272 g/mol. The fourth-order valence-corrected chi connectivity index (χ4v) is 4.96. The molecule has 1 aromatic carbocycles. The van der Waals surface area contributed by atoms with Crippen molar-refractivity contribution in [2.75, 3.05) is 27.1 Å².